The molecule has 0 aliphatic carbocycles. The molecule has 1 aromatic carbocycles. The lowest BCUT2D eigenvalue weighted by molar-refractivity contribution is -0.136. The molecule has 2 heterocycles. The van der Waals surface area contributed by atoms with Gasteiger partial charge in [0.2, 0.25) is 0 Å². The van der Waals surface area contributed by atoms with Gasteiger partial charge in [-0.1, -0.05) is 23.8 Å². The number of carbonyl (C=O) groups is 2. The Balaban J connectivity index is 1.81. The Morgan fingerprint density at radius 3 is 2.57 bits per heavy atom. The molecule has 7 heteroatoms. The zero-order valence-electron chi connectivity index (χ0n) is 18.5. The van der Waals surface area contributed by atoms with E-state index < -0.39 is 5.54 Å². The molecule has 2 aliphatic rings. The van der Waals surface area contributed by atoms with E-state index in [2.05, 4.69) is 17.9 Å². The number of likely N-dealkylation sites (tertiary alicyclic amines) is 1. The van der Waals surface area contributed by atoms with E-state index in [1.807, 2.05) is 31.2 Å². The van der Waals surface area contributed by atoms with Gasteiger partial charge < -0.3 is 14.4 Å². The maximum Gasteiger partial charge on any atom is 0.328 e. The van der Waals surface area contributed by atoms with E-state index in [1.165, 1.54) is 10.5 Å². The van der Waals surface area contributed by atoms with Crippen molar-refractivity contribution in [2.24, 2.45) is 0 Å². The van der Waals surface area contributed by atoms with Gasteiger partial charge in [0.15, 0.2) is 0 Å². The molecule has 30 heavy (non-hydrogen) atoms. The fourth-order valence-electron chi connectivity index (χ4n) is 4.38. The number of piperidine rings is 1. The van der Waals surface area contributed by atoms with Crippen LogP contribution in [0.3, 0.4) is 0 Å². The fourth-order valence-corrected chi connectivity index (χ4v) is 4.38. The third-order valence-corrected chi connectivity index (χ3v) is 6.26. The zero-order chi connectivity index (χ0) is 21.7. The van der Waals surface area contributed by atoms with Gasteiger partial charge in [0, 0.05) is 33.3 Å². The van der Waals surface area contributed by atoms with Crippen LogP contribution in [0.25, 0.3) is 0 Å². The first kappa shape index (κ1) is 22.3. The van der Waals surface area contributed by atoms with Gasteiger partial charge in [0.1, 0.15) is 11.3 Å². The standard InChI is InChI=1S/C23H33N3O4/c1-5-18(2)16-24-11-9-23(10-12-24)21(27)25(22(28)26(23)13-14-29-3)17-19-7-6-8-20(15-19)30-4/h5-8,15H,9-14,16-17H2,1-4H3/b18-5+. The summed E-state index contributed by atoms with van der Waals surface area (Å²) in [6.07, 6.45) is 3.41. The lowest BCUT2D eigenvalue weighted by Gasteiger charge is -2.42. The summed E-state index contributed by atoms with van der Waals surface area (Å²) in [5, 5.41) is 0. The minimum Gasteiger partial charge on any atom is -0.497 e. The van der Waals surface area contributed by atoms with Crippen LogP contribution < -0.4 is 4.74 Å². The molecule has 1 aromatic rings. The number of hydrogen-bond acceptors (Lipinski definition) is 5. The molecular formula is C23H33N3O4. The molecule has 3 rings (SSSR count). The van der Waals surface area contributed by atoms with E-state index in [-0.39, 0.29) is 18.5 Å². The summed E-state index contributed by atoms with van der Waals surface area (Å²) in [5.74, 6) is 0.624. The molecule has 3 amide bonds. The van der Waals surface area contributed by atoms with Crippen molar-refractivity contribution in [2.75, 3.05) is 47.0 Å². The molecule has 1 spiro atoms. The Bertz CT molecular complexity index is 799. The molecule has 2 saturated heterocycles. The number of ether oxygens (including phenoxy) is 2. The Morgan fingerprint density at radius 2 is 1.93 bits per heavy atom. The molecule has 0 atom stereocenters. The summed E-state index contributed by atoms with van der Waals surface area (Å²) in [6.45, 7) is 7.74. The highest BCUT2D eigenvalue weighted by Crippen LogP contribution is 2.38. The van der Waals surface area contributed by atoms with E-state index in [1.54, 1.807) is 19.1 Å². The Hall–Kier alpha value is -2.38. The molecule has 164 valence electrons. The number of amides is 3. The van der Waals surface area contributed by atoms with Gasteiger partial charge in [0.25, 0.3) is 5.91 Å². The van der Waals surface area contributed by atoms with Crippen LogP contribution >= 0.6 is 0 Å². The van der Waals surface area contributed by atoms with Crippen molar-refractivity contribution < 1.29 is 19.1 Å². The Kier molecular flexibility index (Phi) is 7.15. The van der Waals surface area contributed by atoms with Gasteiger partial charge in [-0.05, 0) is 44.4 Å². The maximum absolute atomic E-state index is 13.6. The number of rotatable bonds is 8. The lowest BCUT2D eigenvalue weighted by atomic mass is 9.85. The van der Waals surface area contributed by atoms with Crippen LogP contribution in [0.2, 0.25) is 0 Å². The van der Waals surface area contributed by atoms with Crippen LogP contribution in [0.15, 0.2) is 35.9 Å². The largest absolute Gasteiger partial charge is 0.497 e. The van der Waals surface area contributed by atoms with Crippen molar-refractivity contribution in [3.8, 4) is 5.75 Å². The first-order chi connectivity index (χ1) is 14.4. The predicted octanol–water partition coefficient (Wildman–Crippen LogP) is 2.91. The van der Waals surface area contributed by atoms with E-state index in [4.69, 9.17) is 9.47 Å². The van der Waals surface area contributed by atoms with E-state index in [9.17, 15) is 9.59 Å². The van der Waals surface area contributed by atoms with E-state index >= 15 is 0 Å². The topological polar surface area (TPSA) is 62.3 Å². The van der Waals surface area contributed by atoms with Crippen molar-refractivity contribution in [1.82, 2.24) is 14.7 Å². The molecule has 2 fully saturated rings. The average Bonchev–Trinajstić information content (AvgIpc) is 2.95. The van der Waals surface area contributed by atoms with Crippen LogP contribution in [0.4, 0.5) is 4.79 Å². The highest BCUT2D eigenvalue weighted by molar-refractivity contribution is 6.07. The quantitative estimate of drug-likeness (QED) is 0.483. The van der Waals surface area contributed by atoms with Gasteiger partial charge in [-0.25, -0.2) is 4.79 Å². The normalized spacial score (nSPS) is 19.8. The van der Waals surface area contributed by atoms with E-state index in [0.29, 0.717) is 31.7 Å². The maximum atomic E-state index is 13.6. The Labute approximate surface area is 179 Å². The molecule has 0 N–H and O–H groups in total. The van der Waals surface area contributed by atoms with Crippen LogP contribution in [0, 0.1) is 0 Å². The molecule has 2 aliphatic heterocycles. The predicted molar refractivity (Wildman–Crippen MR) is 115 cm³/mol. The number of allylic oxidation sites excluding steroid dienone is 1. The minimum atomic E-state index is -0.769. The average molecular weight is 416 g/mol. The first-order valence-corrected chi connectivity index (χ1v) is 10.5. The van der Waals surface area contributed by atoms with E-state index in [0.717, 1.165) is 25.2 Å². The number of methoxy groups -OCH3 is 2. The Morgan fingerprint density at radius 1 is 1.20 bits per heavy atom. The van der Waals surface area contributed by atoms with Crippen LogP contribution in [-0.4, -0.2) is 79.2 Å². The van der Waals surface area contributed by atoms with Crippen LogP contribution in [-0.2, 0) is 16.1 Å². The lowest BCUT2D eigenvalue weighted by Crippen LogP contribution is -2.57. The third kappa shape index (κ3) is 4.37. The van der Waals surface area contributed by atoms with Crippen molar-refractivity contribution in [3.05, 3.63) is 41.5 Å². The molecular weight excluding hydrogens is 382 g/mol. The summed E-state index contributed by atoms with van der Waals surface area (Å²) in [4.78, 5) is 32.4. The van der Waals surface area contributed by atoms with Crippen molar-refractivity contribution in [2.45, 2.75) is 38.8 Å². The first-order valence-electron chi connectivity index (χ1n) is 10.5. The summed E-state index contributed by atoms with van der Waals surface area (Å²) < 4.78 is 10.5. The minimum absolute atomic E-state index is 0.0890. The second-order valence-corrected chi connectivity index (χ2v) is 8.11. The molecule has 7 nitrogen and oxygen atoms in total. The monoisotopic (exact) mass is 415 g/mol. The van der Waals surface area contributed by atoms with Crippen molar-refractivity contribution in [1.29, 1.82) is 0 Å². The van der Waals surface area contributed by atoms with Gasteiger partial charge in [-0.2, -0.15) is 0 Å². The molecule has 0 saturated carbocycles. The molecule has 0 unspecified atom stereocenters. The number of imide groups is 1. The smallest absolute Gasteiger partial charge is 0.328 e. The number of nitrogens with zero attached hydrogens (tertiary/aromatic N) is 3. The third-order valence-electron chi connectivity index (χ3n) is 6.26. The molecule has 0 radical (unpaired) electrons. The van der Waals surface area contributed by atoms with Crippen LogP contribution in [0.1, 0.15) is 32.3 Å². The summed E-state index contributed by atoms with van der Waals surface area (Å²) in [5.41, 5.74) is 1.42. The number of urea groups is 1. The van der Waals surface area contributed by atoms with Gasteiger partial charge in [0.05, 0.1) is 20.3 Å². The van der Waals surface area contributed by atoms with Crippen LogP contribution in [0.5, 0.6) is 5.75 Å². The van der Waals surface area contributed by atoms with Gasteiger partial charge >= 0.3 is 6.03 Å². The van der Waals surface area contributed by atoms with Gasteiger partial charge in [-0.3, -0.25) is 14.6 Å². The fraction of sp³-hybridized carbons (Fsp3) is 0.565. The highest BCUT2D eigenvalue weighted by Gasteiger charge is 2.57. The number of benzene rings is 1. The van der Waals surface area contributed by atoms with Crippen molar-refractivity contribution in [3.63, 3.8) is 0 Å². The summed E-state index contributed by atoms with van der Waals surface area (Å²) in [7, 11) is 3.22. The number of carbonyl (C=O) groups excluding carboxylic acids is 2. The SMILES string of the molecule is C/C=C(\C)CN1CCC2(CC1)C(=O)N(Cc1cccc(OC)c1)C(=O)N2CCOC. The molecule has 0 aromatic heterocycles. The number of hydrogen-bond donors (Lipinski definition) is 0. The second kappa shape index (κ2) is 9.62. The molecule has 0 bridgehead atoms. The van der Waals surface area contributed by atoms with Gasteiger partial charge in [-0.15, -0.1) is 0 Å². The zero-order valence-corrected chi connectivity index (χ0v) is 18.5. The second-order valence-electron chi connectivity index (χ2n) is 8.11. The highest BCUT2D eigenvalue weighted by atomic mass is 16.5. The summed E-state index contributed by atoms with van der Waals surface area (Å²) >= 11 is 0. The van der Waals surface area contributed by atoms with Crippen molar-refractivity contribution >= 4 is 11.9 Å². The summed E-state index contributed by atoms with van der Waals surface area (Å²) in [6, 6.07) is 7.29.